The number of sulfonamides is 1. The van der Waals surface area contributed by atoms with Crippen LogP contribution in [0.15, 0.2) is 29.2 Å². The topological polar surface area (TPSA) is 58.6 Å². The monoisotopic (exact) mass is 330 g/mol. The van der Waals surface area contributed by atoms with Crippen LogP contribution in [0, 0.1) is 11.7 Å². The molecule has 1 aliphatic heterocycles. The van der Waals surface area contributed by atoms with Crippen molar-refractivity contribution in [3.8, 4) is 0 Å². The molecule has 1 heterocycles. The Labute approximate surface area is 131 Å². The van der Waals surface area contributed by atoms with Crippen LogP contribution in [0.2, 0.25) is 0 Å². The Balaban J connectivity index is 2.05. The van der Waals surface area contributed by atoms with Crippen LogP contribution >= 0.6 is 0 Å². The van der Waals surface area contributed by atoms with Gasteiger partial charge in [-0.2, -0.15) is 0 Å². The lowest BCUT2D eigenvalue weighted by Gasteiger charge is -2.36. The summed E-state index contributed by atoms with van der Waals surface area (Å²) in [5.74, 6) is -0.259. The van der Waals surface area contributed by atoms with E-state index in [4.69, 9.17) is 4.74 Å². The average Bonchev–Trinajstić information content (AvgIpc) is 2.48. The second-order valence-corrected chi connectivity index (χ2v) is 7.54. The van der Waals surface area contributed by atoms with E-state index in [1.165, 1.54) is 18.2 Å². The summed E-state index contributed by atoms with van der Waals surface area (Å²) in [6, 6.07) is 5.13. The first-order valence-electron chi connectivity index (χ1n) is 7.47. The van der Waals surface area contributed by atoms with E-state index in [0.717, 1.165) is 19.2 Å². The molecule has 0 aliphatic carbocycles. The lowest BCUT2D eigenvalue weighted by molar-refractivity contribution is 0.00776. The van der Waals surface area contributed by atoms with E-state index in [0.29, 0.717) is 25.7 Å². The molecule has 7 heteroatoms. The fourth-order valence-corrected chi connectivity index (χ4v) is 3.69. The maximum atomic E-state index is 13.2. The van der Waals surface area contributed by atoms with E-state index < -0.39 is 15.8 Å². The standard InChI is InChI=1S/C15H23FN2O3S/c1-12(2)15(18-6-8-21-9-7-18)11-17-22(19,20)14-5-3-4-13(16)10-14/h3-5,10,12,15,17H,6-9,11H2,1-2H3/t15-/m0/s1. The van der Waals surface area contributed by atoms with Crippen LogP contribution < -0.4 is 4.72 Å². The molecular formula is C15H23FN2O3S. The van der Waals surface area contributed by atoms with Gasteiger partial charge in [0.15, 0.2) is 0 Å². The van der Waals surface area contributed by atoms with Crippen molar-refractivity contribution in [1.82, 2.24) is 9.62 Å². The van der Waals surface area contributed by atoms with Gasteiger partial charge in [0.05, 0.1) is 18.1 Å². The second kappa shape index (κ2) is 7.50. The van der Waals surface area contributed by atoms with Crippen LogP contribution in [0.1, 0.15) is 13.8 Å². The molecule has 0 spiro atoms. The van der Waals surface area contributed by atoms with Gasteiger partial charge in [0.2, 0.25) is 10.0 Å². The number of hydrogen-bond acceptors (Lipinski definition) is 4. The van der Waals surface area contributed by atoms with Gasteiger partial charge in [0.25, 0.3) is 0 Å². The molecule has 2 rings (SSSR count). The maximum Gasteiger partial charge on any atom is 0.240 e. The van der Waals surface area contributed by atoms with E-state index in [1.54, 1.807) is 0 Å². The van der Waals surface area contributed by atoms with Crippen LogP contribution in [0.25, 0.3) is 0 Å². The predicted molar refractivity (Wildman–Crippen MR) is 82.6 cm³/mol. The van der Waals surface area contributed by atoms with Gasteiger partial charge in [-0.3, -0.25) is 4.90 Å². The molecule has 1 aromatic rings. The largest absolute Gasteiger partial charge is 0.379 e. The number of rotatable bonds is 6. The fraction of sp³-hybridized carbons (Fsp3) is 0.600. The van der Waals surface area contributed by atoms with Crippen molar-refractivity contribution in [3.63, 3.8) is 0 Å². The molecular weight excluding hydrogens is 307 g/mol. The SMILES string of the molecule is CC(C)[C@H](CNS(=O)(=O)c1cccc(F)c1)N1CCOCC1. The molecule has 124 valence electrons. The third-order valence-corrected chi connectivity index (χ3v) is 5.29. The van der Waals surface area contributed by atoms with E-state index in [2.05, 4.69) is 23.5 Å². The molecule has 1 atom stereocenters. The number of halogens is 1. The van der Waals surface area contributed by atoms with Gasteiger partial charge in [-0.1, -0.05) is 19.9 Å². The Bertz CT molecular complexity index is 586. The first-order chi connectivity index (χ1) is 10.4. The normalized spacial score (nSPS) is 18.5. The van der Waals surface area contributed by atoms with Gasteiger partial charge in [-0.15, -0.1) is 0 Å². The minimum Gasteiger partial charge on any atom is -0.379 e. The zero-order valence-electron chi connectivity index (χ0n) is 13.0. The Hall–Kier alpha value is -1.02. The highest BCUT2D eigenvalue weighted by molar-refractivity contribution is 7.89. The minimum atomic E-state index is -3.70. The van der Waals surface area contributed by atoms with Gasteiger partial charge >= 0.3 is 0 Å². The molecule has 1 fully saturated rings. The van der Waals surface area contributed by atoms with Gasteiger partial charge < -0.3 is 4.74 Å². The van der Waals surface area contributed by atoms with Crippen LogP contribution in [-0.4, -0.2) is 52.2 Å². The van der Waals surface area contributed by atoms with E-state index in [9.17, 15) is 12.8 Å². The number of benzene rings is 1. The van der Waals surface area contributed by atoms with E-state index in [1.807, 2.05) is 0 Å². The molecule has 0 aromatic heterocycles. The van der Waals surface area contributed by atoms with Crippen molar-refractivity contribution in [2.45, 2.75) is 24.8 Å². The lowest BCUT2D eigenvalue weighted by Crippen LogP contribution is -2.51. The Kier molecular flexibility index (Phi) is 5.91. The zero-order valence-corrected chi connectivity index (χ0v) is 13.8. The quantitative estimate of drug-likeness (QED) is 0.858. The summed E-state index contributed by atoms with van der Waals surface area (Å²) >= 11 is 0. The molecule has 0 saturated carbocycles. The zero-order chi connectivity index (χ0) is 16.2. The van der Waals surface area contributed by atoms with Crippen LogP contribution in [0.3, 0.4) is 0 Å². The van der Waals surface area contributed by atoms with Crippen molar-refractivity contribution in [2.24, 2.45) is 5.92 Å². The molecule has 0 bridgehead atoms. The molecule has 1 aliphatic rings. The summed E-state index contributed by atoms with van der Waals surface area (Å²) in [6.45, 7) is 7.36. The summed E-state index contributed by atoms with van der Waals surface area (Å²) in [5.41, 5.74) is 0. The Morgan fingerprint density at radius 2 is 2.00 bits per heavy atom. The molecule has 22 heavy (non-hydrogen) atoms. The van der Waals surface area contributed by atoms with E-state index >= 15 is 0 Å². The molecule has 1 saturated heterocycles. The lowest BCUT2D eigenvalue weighted by atomic mass is 10.0. The van der Waals surface area contributed by atoms with Crippen molar-refractivity contribution >= 4 is 10.0 Å². The molecule has 1 aromatic carbocycles. The van der Waals surface area contributed by atoms with Gasteiger partial charge in [-0.25, -0.2) is 17.5 Å². The number of hydrogen-bond donors (Lipinski definition) is 1. The maximum absolute atomic E-state index is 13.2. The van der Waals surface area contributed by atoms with Gasteiger partial charge in [0, 0.05) is 25.7 Å². The number of ether oxygens (including phenoxy) is 1. The van der Waals surface area contributed by atoms with Crippen LogP contribution in [0.5, 0.6) is 0 Å². The summed E-state index contributed by atoms with van der Waals surface area (Å²) in [5, 5.41) is 0. The molecule has 1 N–H and O–H groups in total. The van der Waals surface area contributed by atoms with Gasteiger partial charge in [0.1, 0.15) is 5.82 Å². The highest BCUT2D eigenvalue weighted by Crippen LogP contribution is 2.15. The van der Waals surface area contributed by atoms with Crippen LogP contribution in [0.4, 0.5) is 4.39 Å². The highest BCUT2D eigenvalue weighted by atomic mass is 32.2. The van der Waals surface area contributed by atoms with Crippen molar-refractivity contribution in [1.29, 1.82) is 0 Å². The number of nitrogens with one attached hydrogen (secondary N) is 1. The summed E-state index contributed by atoms with van der Waals surface area (Å²) in [6.07, 6.45) is 0. The Morgan fingerprint density at radius 1 is 1.32 bits per heavy atom. The van der Waals surface area contributed by atoms with Crippen molar-refractivity contribution in [3.05, 3.63) is 30.1 Å². The number of morpholine rings is 1. The molecule has 0 radical (unpaired) electrons. The van der Waals surface area contributed by atoms with E-state index in [-0.39, 0.29) is 10.9 Å². The summed E-state index contributed by atoms with van der Waals surface area (Å²) in [7, 11) is -3.70. The molecule has 0 amide bonds. The fourth-order valence-electron chi connectivity index (χ4n) is 2.61. The number of nitrogens with zero attached hydrogens (tertiary/aromatic N) is 1. The first-order valence-corrected chi connectivity index (χ1v) is 8.95. The van der Waals surface area contributed by atoms with Gasteiger partial charge in [-0.05, 0) is 24.1 Å². The summed E-state index contributed by atoms with van der Waals surface area (Å²) < 4.78 is 45.7. The van der Waals surface area contributed by atoms with Crippen molar-refractivity contribution in [2.75, 3.05) is 32.8 Å². The van der Waals surface area contributed by atoms with Crippen LogP contribution in [-0.2, 0) is 14.8 Å². The predicted octanol–water partition coefficient (Wildman–Crippen LogP) is 1.46. The molecule has 0 unspecified atom stereocenters. The third kappa shape index (κ3) is 4.49. The first kappa shape index (κ1) is 17.3. The Morgan fingerprint density at radius 3 is 2.59 bits per heavy atom. The highest BCUT2D eigenvalue weighted by Gasteiger charge is 2.26. The third-order valence-electron chi connectivity index (χ3n) is 3.87. The smallest absolute Gasteiger partial charge is 0.240 e. The summed E-state index contributed by atoms with van der Waals surface area (Å²) in [4.78, 5) is 2.19. The second-order valence-electron chi connectivity index (χ2n) is 5.77. The molecule has 5 nitrogen and oxygen atoms in total. The average molecular weight is 330 g/mol. The van der Waals surface area contributed by atoms with Crippen molar-refractivity contribution < 1.29 is 17.5 Å². The minimum absolute atomic E-state index is 0.0445.